The summed E-state index contributed by atoms with van der Waals surface area (Å²) in [6, 6.07) is 5.53. The van der Waals surface area contributed by atoms with Gasteiger partial charge in [-0.1, -0.05) is 6.07 Å². The van der Waals surface area contributed by atoms with Crippen LogP contribution in [0.3, 0.4) is 0 Å². The third-order valence-corrected chi connectivity index (χ3v) is 3.08. The molecule has 1 aromatic rings. The van der Waals surface area contributed by atoms with Crippen LogP contribution in [0, 0.1) is 6.92 Å². The first-order chi connectivity index (χ1) is 9.43. The lowest BCUT2D eigenvalue weighted by Crippen LogP contribution is -2.36. The standard InChI is InChI=1S/C14H18BrNO4/c1-4-16-14(18)10(3)20-13(17)8-19-12-6-5-9(2)7-11(12)15/h5-7,10H,4,8H2,1-3H3,(H,16,18)/t10-/m0/s1. The Kier molecular flexibility index (Phi) is 6.51. The number of amides is 1. The molecule has 0 saturated heterocycles. The maximum Gasteiger partial charge on any atom is 0.344 e. The highest BCUT2D eigenvalue weighted by Gasteiger charge is 2.17. The zero-order chi connectivity index (χ0) is 15.1. The number of nitrogens with one attached hydrogen (secondary N) is 1. The minimum atomic E-state index is -0.826. The zero-order valence-electron chi connectivity index (χ0n) is 11.7. The Balaban J connectivity index is 2.45. The number of hydrogen-bond donors (Lipinski definition) is 1. The van der Waals surface area contributed by atoms with Gasteiger partial charge in [0.1, 0.15) is 5.75 Å². The number of benzene rings is 1. The molecule has 0 heterocycles. The largest absolute Gasteiger partial charge is 0.481 e. The number of esters is 1. The third kappa shape index (κ3) is 5.21. The van der Waals surface area contributed by atoms with E-state index in [1.165, 1.54) is 6.92 Å². The molecule has 0 aliphatic carbocycles. The van der Waals surface area contributed by atoms with E-state index in [1.54, 1.807) is 13.0 Å². The summed E-state index contributed by atoms with van der Waals surface area (Å²) in [5.41, 5.74) is 1.08. The number of halogens is 1. The number of ether oxygens (including phenoxy) is 2. The van der Waals surface area contributed by atoms with Crippen molar-refractivity contribution in [1.82, 2.24) is 5.32 Å². The lowest BCUT2D eigenvalue weighted by atomic mass is 10.2. The zero-order valence-corrected chi connectivity index (χ0v) is 13.3. The van der Waals surface area contributed by atoms with Crippen LogP contribution in [0.4, 0.5) is 0 Å². The fourth-order valence-corrected chi connectivity index (χ4v) is 2.07. The number of hydrogen-bond acceptors (Lipinski definition) is 4. The van der Waals surface area contributed by atoms with Crippen molar-refractivity contribution in [1.29, 1.82) is 0 Å². The van der Waals surface area contributed by atoms with E-state index in [-0.39, 0.29) is 12.5 Å². The van der Waals surface area contributed by atoms with E-state index in [1.807, 2.05) is 19.1 Å². The van der Waals surface area contributed by atoms with Crippen LogP contribution in [0.25, 0.3) is 0 Å². The van der Waals surface area contributed by atoms with Gasteiger partial charge in [-0.15, -0.1) is 0 Å². The number of likely N-dealkylation sites (N-methyl/N-ethyl adjacent to an activating group) is 1. The number of carbonyl (C=O) groups is 2. The van der Waals surface area contributed by atoms with Crippen molar-refractivity contribution in [3.8, 4) is 5.75 Å². The summed E-state index contributed by atoms with van der Waals surface area (Å²) in [5.74, 6) is -0.355. The lowest BCUT2D eigenvalue weighted by Gasteiger charge is -2.13. The van der Waals surface area contributed by atoms with E-state index < -0.39 is 12.1 Å². The Bertz CT molecular complexity index is 490. The topological polar surface area (TPSA) is 64.6 Å². The first-order valence-corrected chi connectivity index (χ1v) is 7.09. The van der Waals surface area contributed by atoms with Crippen LogP contribution in [-0.4, -0.2) is 31.1 Å². The van der Waals surface area contributed by atoms with Crippen LogP contribution in [0.5, 0.6) is 5.75 Å². The molecule has 110 valence electrons. The molecule has 0 aliphatic heterocycles. The summed E-state index contributed by atoms with van der Waals surface area (Å²) >= 11 is 3.35. The van der Waals surface area contributed by atoms with Gasteiger partial charge >= 0.3 is 5.97 Å². The van der Waals surface area contributed by atoms with Gasteiger partial charge in [-0.3, -0.25) is 4.79 Å². The van der Waals surface area contributed by atoms with E-state index in [0.717, 1.165) is 10.0 Å². The Morgan fingerprint density at radius 2 is 2.10 bits per heavy atom. The molecule has 1 N–H and O–H groups in total. The summed E-state index contributed by atoms with van der Waals surface area (Å²) in [5, 5.41) is 2.58. The van der Waals surface area contributed by atoms with Gasteiger partial charge in [0.15, 0.2) is 12.7 Å². The normalized spacial score (nSPS) is 11.6. The minimum Gasteiger partial charge on any atom is -0.481 e. The van der Waals surface area contributed by atoms with Crippen LogP contribution in [-0.2, 0) is 14.3 Å². The van der Waals surface area contributed by atoms with Gasteiger partial charge < -0.3 is 14.8 Å². The molecule has 1 aromatic carbocycles. The van der Waals surface area contributed by atoms with Gasteiger partial charge in [-0.05, 0) is 54.4 Å². The van der Waals surface area contributed by atoms with Crippen molar-refractivity contribution >= 4 is 27.8 Å². The van der Waals surface area contributed by atoms with E-state index >= 15 is 0 Å². The predicted octanol–water partition coefficient (Wildman–Crippen LogP) is 2.20. The van der Waals surface area contributed by atoms with Crippen LogP contribution in [0.2, 0.25) is 0 Å². The summed E-state index contributed by atoms with van der Waals surface area (Å²) in [6.45, 7) is 5.52. The minimum absolute atomic E-state index is 0.245. The number of carbonyl (C=O) groups excluding carboxylic acids is 2. The molecule has 20 heavy (non-hydrogen) atoms. The SMILES string of the molecule is CCNC(=O)[C@H](C)OC(=O)COc1ccc(C)cc1Br. The van der Waals surface area contributed by atoms with Crippen molar-refractivity contribution < 1.29 is 19.1 Å². The van der Waals surface area contributed by atoms with Crippen molar-refractivity contribution in [3.63, 3.8) is 0 Å². The van der Waals surface area contributed by atoms with Gasteiger partial charge in [-0.25, -0.2) is 4.79 Å². The molecular formula is C14H18BrNO4. The molecule has 0 fully saturated rings. The first kappa shape index (κ1) is 16.5. The van der Waals surface area contributed by atoms with Crippen LogP contribution in [0.1, 0.15) is 19.4 Å². The van der Waals surface area contributed by atoms with Gasteiger partial charge in [0.05, 0.1) is 4.47 Å². The Morgan fingerprint density at radius 3 is 2.70 bits per heavy atom. The molecule has 0 radical (unpaired) electrons. The van der Waals surface area contributed by atoms with Crippen molar-refractivity contribution in [2.75, 3.05) is 13.2 Å². The molecule has 1 rings (SSSR count). The second-order valence-electron chi connectivity index (χ2n) is 4.25. The molecule has 0 unspecified atom stereocenters. The van der Waals surface area contributed by atoms with Crippen molar-refractivity contribution in [2.24, 2.45) is 0 Å². The van der Waals surface area contributed by atoms with E-state index in [2.05, 4.69) is 21.2 Å². The van der Waals surface area contributed by atoms with Gasteiger partial charge in [0.2, 0.25) is 0 Å². The van der Waals surface area contributed by atoms with E-state index in [4.69, 9.17) is 9.47 Å². The summed E-state index contributed by atoms with van der Waals surface area (Å²) in [6.07, 6.45) is -0.826. The average Bonchev–Trinajstić information content (AvgIpc) is 2.37. The predicted molar refractivity (Wildman–Crippen MR) is 78.6 cm³/mol. The van der Waals surface area contributed by atoms with Crippen molar-refractivity contribution in [3.05, 3.63) is 28.2 Å². The highest BCUT2D eigenvalue weighted by Crippen LogP contribution is 2.25. The second-order valence-corrected chi connectivity index (χ2v) is 5.10. The molecule has 5 nitrogen and oxygen atoms in total. The highest BCUT2D eigenvalue weighted by atomic mass is 79.9. The molecule has 1 atom stereocenters. The summed E-state index contributed by atoms with van der Waals surface area (Å²) < 4.78 is 11.1. The summed E-state index contributed by atoms with van der Waals surface area (Å²) in [4.78, 5) is 23.0. The quantitative estimate of drug-likeness (QED) is 0.804. The fourth-order valence-electron chi connectivity index (χ4n) is 1.46. The molecule has 1 amide bonds. The molecule has 6 heteroatoms. The second kappa shape index (κ2) is 7.89. The molecule has 0 bridgehead atoms. The summed E-state index contributed by atoms with van der Waals surface area (Å²) in [7, 11) is 0. The van der Waals surface area contributed by atoms with Gasteiger partial charge in [0, 0.05) is 6.54 Å². The number of aryl methyl sites for hydroxylation is 1. The Hall–Kier alpha value is -1.56. The van der Waals surface area contributed by atoms with Crippen LogP contribution >= 0.6 is 15.9 Å². The Morgan fingerprint density at radius 1 is 1.40 bits per heavy atom. The number of rotatable bonds is 6. The lowest BCUT2D eigenvalue weighted by molar-refractivity contribution is -0.156. The first-order valence-electron chi connectivity index (χ1n) is 6.30. The maximum atomic E-state index is 11.6. The van der Waals surface area contributed by atoms with Crippen LogP contribution in [0.15, 0.2) is 22.7 Å². The smallest absolute Gasteiger partial charge is 0.344 e. The van der Waals surface area contributed by atoms with Crippen molar-refractivity contribution in [2.45, 2.75) is 26.9 Å². The maximum absolute atomic E-state index is 11.6. The van der Waals surface area contributed by atoms with Gasteiger partial charge in [-0.2, -0.15) is 0 Å². The molecular weight excluding hydrogens is 326 g/mol. The third-order valence-electron chi connectivity index (χ3n) is 2.46. The fraction of sp³-hybridized carbons (Fsp3) is 0.429. The Labute approximate surface area is 126 Å². The molecule has 0 saturated carbocycles. The van der Waals surface area contributed by atoms with E-state index in [0.29, 0.717) is 12.3 Å². The monoisotopic (exact) mass is 343 g/mol. The molecule has 0 spiro atoms. The highest BCUT2D eigenvalue weighted by molar-refractivity contribution is 9.10. The van der Waals surface area contributed by atoms with Crippen LogP contribution < -0.4 is 10.1 Å². The molecule has 0 aliphatic rings. The van der Waals surface area contributed by atoms with Gasteiger partial charge in [0.25, 0.3) is 5.91 Å². The average molecular weight is 344 g/mol. The molecule has 0 aromatic heterocycles. The van der Waals surface area contributed by atoms with E-state index in [9.17, 15) is 9.59 Å².